The molecule has 210 valence electrons. The molecule has 0 radical (unpaired) electrons. The van der Waals surface area contributed by atoms with E-state index in [0.717, 1.165) is 27.8 Å². The van der Waals surface area contributed by atoms with Crippen molar-refractivity contribution in [1.82, 2.24) is 10.2 Å². The van der Waals surface area contributed by atoms with Crippen LogP contribution in [0.2, 0.25) is 0 Å². The maximum Gasteiger partial charge on any atom is 0.277 e. The SMILES string of the molecule is COc1ccc(-c2ccc(CN3C(=O)[C@@H](N)CC(F)(F)c4cc(F)c(-c5nnc(C(C)(C)C#N)o5)cc43)cc2)cc1. The van der Waals surface area contributed by atoms with E-state index in [9.17, 15) is 10.1 Å². The van der Waals surface area contributed by atoms with Crippen molar-refractivity contribution in [3.63, 3.8) is 0 Å². The Hall–Kier alpha value is -4.69. The Kier molecular flexibility index (Phi) is 7.05. The first-order valence-electron chi connectivity index (χ1n) is 12.7. The number of nitrogens with zero attached hydrogens (tertiary/aromatic N) is 4. The molecule has 0 spiro atoms. The number of hydrogen-bond donors (Lipinski definition) is 1. The average molecular weight is 562 g/mol. The van der Waals surface area contributed by atoms with E-state index in [1.807, 2.05) is 42.5 Å². The minimum atomic E-state index is -3.58. The highest BCUT2D eigenvalue weighted by Crippen LogP contribution is 2.45. The van der Waals surface area contributed by atoms with Gasteiger partial charge in [-0.15, -0.1) is 10.2 Å². The standard InChI is InChI=1S/C30H26F3N5O3/c1-29(2,16-34)28-37-36-26(41-28)21-12-25-22(13-23(21)31)30(32,33)14-24(35)27(39)38(25)15-17-4-6-18(7-5-17)19-8-10-20(40-3)11-9-19/h4-13,24H,14-15,35H2,1-3H3/t24-/m0/s1. The van der Waals surface area contributed by atoms with Crippen molar-refractivity contribution in [3.05, 3.63) is 83.5 Å². The van der Waals surface area contributed by atoms with Gasteiger partial charge in [0.05, 0.1) is 37.0 Å². The fourth-order valence-electron chi connectivity index (χ4n) is 4.60. The van der Waals surface area contributed by atoms with Gasteiger partial charge in [0.1, 0.15) is 17.0 Å². The second kappa shape index (κ2) is 10.4. The molecule has 0 saturated carbocycles. The number of halogens is 3. The number of alkyl halides is 2. The predicted octanol–water partition coefficient (Wildman–Crippen LogP) is 5.71. The number of aromatic nitrogens is 2. The molecule has 5 rings (SSSR count). The molecule has 8 nitrogen and oxygen atoms in total. The monoisotopic (exact) mass is 561 g/mol. The number of anilines is 1. The van der Waals surface area contributed by atoms with Crippen molar-refractivity contribution in [2.75, 3.05) is 12.0 Å². The molecule has 4 aromatic rings. The molecule has 1 aromatic heterocycles. The van der Waals surface area contributed by atoms with Crippen molar-refractivity contribution in [3.8, 4) is 34.4 Å². The quantitative estimate of drug-likeness (QED) is 0.320. The van der Waals surface area contributed by atoms with Crippen molar-refractivity contribution in [2.24, 2.45) is 5.73 Å². The lowest BCUT2D eigenvalue weighted by Gasteiger charge is -2.25. The van der Waals surface area contributed by atoms with E-state index in [2.05, 4.69) is 10.2 Å². The zero-order chi connectivity index (χ0) is 29.5. The summed E-state index contributed by atoms with van der Waals surface area (Å²) in [6.07, 6.45) is -0.981. The van der Waals surface area contributed by atoms with Crippen molar-refractivity contribution >= 4 is 11.6 Å². The third-order valence-corrected chi connectivity index (χ3v) is 7.02. The highest BCUT2D eigenvalue weighted by molar-refractivity contribution is 5.99. The Labute approximate surface area is 234 Å². The van der Waals surface area contributed by atoms with Gasteiger partial charge < -0.3 is 19.8 Å². The number of ether oxygens (including phenoxy) is 1. The van der Waals surface area contributed by atoms with Crippen LogP contribution in [0.25, 0.3) is 22.6 Å². The van der Waals surface area contributed by atoms with Crippen LogP contribution < -0.4 is 15.4 Å². The van der Waals surface area contributed by atoms with Gasteiger partial charge in [-0.1, -0.05) is 36.4 Å². The van der Waals surface area contributed by atoms with E-state index < -0.39 is 41.1 Å². The predicted molar refractivity (Wildman–Crippen MR) is 144 cm³/mol. The van der Waals surface area contributed by atoms with Crippen LogP contribution >= 0.6 is 0 Å². The maximum atomic E-state index is 15.3. The van der Waals surface area contributed by atoms with Crippen LogP contribution in [0.3, 0.4) is 0 Å². The Bertz CT molecular complexity index is 1640. The molecule has 2 N–H and O–H groups in total. The first-order chi connectivity index (χ1) is 19.4. The maximum absolute atomic E-state index is 15.3. The van der Waals surface area contributed by atoms with Crippen LogP contribution in [0.15, 0.2) is 65.1 Å². The molecule has 0 saturated heterocycles. The summed E-state index contributed by atoms with van der Waals surface area (Å²) in [5.74, 6) is -5.02. The van der Waals surface area contributed by atoms with E-state index in [1.54, 1.807) is 33.1 Å². The molecule has 0 bridgehead atoms. The number of methoxy groups -OCH3 is 1. The van der Waals surface area contributed by atoms with Gasteiger partial charge in [-0.25, -0.2) is 13.2 Å². The van der Waals surface area contributed by atoms with Gasteiger partial charge >= 0.3 is 0 Å². The Morgan fingerprint density at radius 1 is 1.12 bits per heavy atom. The van der Waals surface area contributed by atoms with E-state index in [-0.39, 0.29) is 29.6 Å². The molecule has 41 heavy (non-hydrogen) atoms. The summed E-state index contributed by atoms with van der Waals surface area (Å²) in [6, 6.07) is 17.0. The molecule has 3 aromatic carbocycles. The van der Waals surface area contributed by atoms with Crippen molar-refractivity contribution in [1.29, 1.82) is 5.26 Å². The van der Waals surface area contributed by atoms with Gasteiger partial charge in [0.25, 0.3) is 11.8 Å². The van der Waals surface area contributed by atoms with E-state index in [4.69, 9.17) is 14.9 Å². The van der Waals surface area contributed by atoms with Crippen LogP contribution in [0.5, 0.6) is 5.75 Å². The fraction of sp³-hybridized carbons (Fsp3) is 0.267. The summed E-state index contributed by atoms with van der Waals surface area (Å²) >= 11 is 0. The van der Waals surface area contributed by atoms with Crippen LogP contribution in [-0.4, -0.2) is 29.3 Å². The molecule has 1 amide bonds. The molecular formula is C30H26F3N5O3. The Morgan fingerprint density at radius 2 is 1.76 bits per heavy atom. The molecule has 11 heteroatoms. The van der Waals surface area contributed by atoms with Crippen molar-refractivity contribution in [2.45, 2.75) is 44.2 Å². The zero-order valence-corrected chi connectivity index (χ0v) is 22.5. The van der Waals surface area contributed by atoms with Crippen LogP contribution in [0.1, 0.15) is 37.3 Å². The number of nitrogens with two attached hydrogens (primary N) is 1. The first kappa shape index (κ1) is 27.9. The van der Waals surface area contributed by atoms with Gasteiger partial charge in [-0.05, 0) is 54.8 Å². The van der Waals surface area contributed by atoms with Gasteiger partial charge in [0.15, 0.2) is 0 Å². The van der Waals surface area contributed by atoms with Gasteiger partial charge in [0.2, 0.25) is 11.8 Å². The fourth-order valence-corrected chi connectivity index (χ4v) is 4.60. The number of carbonyl (C=O) groups is 1. The molecule has 1 aliphatic heterocycles. The molecule has 1 aliphatic rings. The number of fused-ring (bicyclic) bond motifs is 1. The number of nitriles is 1. The summed E-state index contributed by atoms with van der Waals surface area (Å²) in [7, 11) is 1.58. The molecular weight excluding hydrogens is 535 g/mol. The second-order valence-corrected chi connectivity index (χ2v) is 10.4. The average Bonchev–Trinajstić information content (AvgIpc) is 3.45. The number of rotatable bonds is 6. The summed E-state index contributed by atoms with van der Waals surface area (Å²) in [4.78, 5) is 14.5. The number of benzene rings is 3. The Balaban J connectivity index is 1.55. The normalized spacial score (nSPS) is 16.6. The summed E-state index contributed by atoms with van der Waals surface area (Å²) in [5, 5.41) is 17.0. The van der Waals surface area contributed by atoms with E-state index >= 15 is 13.2 Å². The third kappa shape index (κ3) is 5.26. The molecule has 1 atom stereocenters. The molecule has 0 aliphatic carbocycles. The van der Waals surface area contributed by atoms with Gasteiger partial charge in [-0.2, -0.15) is 5.26 Å². The highest BCUT2D eigenvalue weighted by atomic mass is 19.3. The molecule has 2 heterocycles. The number of amides is 1. The lowest BCUT2D eigenvalue weighted by Crippen LogP contribution is -2.43. The largest absolute Gasteiger partial charge is 0.497 e. The van der Waals surface area contributed by atoms with E-state index in [0.29, 0.717) is 11.6 Å². The molecule has 0 fully saturated rings. The number of carbonyl (C=O) groups excluding carboxylic acids is 1. The van der Waals surface area contributed by atoms with Crippen LogP contribution in [0, 0.1) is 17.1 Å². The highest BCUT2D eigenvalue weighted by Gasteiger charge is 2.45. The Morgan fingerprint density at radius 3 is 2.37 bits per heavy atom. The van der Waals surface area contributed by atoms with Gasteiger partial charge in [0, 0.05) is 12.0 Å². The first-order valence-corrected chi connectivity index (χ1v) is 12.7. The third-order valence-electron chi connectivity index (χ3n) is 7.02. The number of hydrogen-bond acceptors (Lipinski definition) is 7. The smallest absolute Gasteiger partial charge is 0.277 e. The van der Waals surface area contributed by atoms with Crippen molar-refractivity contribution < 1.29 is 27.1 Å². The van der Waals surface area contributed by atoms with Crippen LogP contribution in [-0.2, 0) is 22.7 Å². The van der Waals surface area contributed by atoms with E-state index in [1.165, 1.54) is 0 Å². The lowest BCUT2D eigenvalue weighted by atomic mass is 9.96. The summed E-state index contributed by atoms with van der Waals surface area (Å²) in [5.41, 5.74) is 6.05. The van der Waals surface area contributed by atoms with Crippen LogP contribution in [0.4, 0.5) is 18.9 Å². The topological polar surface area (TPSA) is 118 Å². The second-order valence-electron chi connectivity index (χ2n) is 10.4. The lowest BCUT2D eigenvalue weighted by molar-refractivity contribution is -0.122. The summed E-state index contributed by atoms with van der Waals surface area (Å²) in [6.45, 7) is 2.99. The zero-order valence-electron chi connectivity index (χ0n) is 22.5. The summed E-state index contributed by atoms with van der Waals surface area (Å²) < 4.78 is 56.6. The van der Waals surface area contributed by atoms with Gasteiger partial charge in [-0.3, -0.25) is 4.79 Å². The minimum Gasteiger partial charge on any atom is -0.497 e. The molecule has 0 unspecified atom stereocenters. The minimum absolute atomic E-state index is 0.0680.